The largest absolute Gasteiger partial charge is 0.378 e. The van der Waals surface area contributed by atoms with Crippen LogP contribution in [0.2, 0.25) is 0 Å². The molecule has 0 amide bonds. The van der Waals surface area contributed by atoms with Crippen LogP contribution in [0.25, 0.3) is 0 Å². The lowest BCUT2D eigenvalue weighted by Gasteiger charge is -2.05. The van der Waals surface area contributed by atoms with Crippen LogP contribution < -0.4 is 5.32 Å². The van der Waals surface area contributed by atoms with E-state index in [0.717, 1.165) is 29.2 Å². The second-order valence-electron chi connectivity index (χ2n) is 3.52. The number of aromatic amines is 1. The minimum atomic E-state index is 0.773. The van der Waals surface area contributed by atoms with E-state index in [1.54, 1.807) is 6.20 Å². The van der Waals surface area contributed by atoms with Gasteiger partial charge in [-0.1, -0.05) is 6.07 Å². The highest BCUT2D eigenvalue weighted by atomic mass is 15.1. The van der Waals surface area contributed by atoms with E-state index in [9.17, 15) is 0 Å². The molecule has 0 aliphatic rings. The third-order valence-corrected chi connectivity index (χ3v) is 2.32. The van der Waals surface area contributed by atoms with E-state index in [-0.39, 0.29) is 0 Å². The normalized spacial score (nSPS) is 10.3. The summed E-state index contributed by atoms with van der Waals surface area (Å²) in [5, 5.41) is 10.4. The second kappa shape index (κ2) is 4.13. The molecule has 0 saturated heterocycles. The number of hydrogen-bond donors (Lipinski definition) is 2. The minimum absolute atomic E-state index is 0.773. The average molecular weight is 202 g/mol. The molecular formula is C11H14N4. The number of anilines is 1. The Bertz CT molecular complexity index is 414. The van der Waals surface area contributed by atoms with Gasteiger partial charge in [-0.2, -0.15) is 5.10 Å². The average Bonchev–Trinajstić information content (AvgIpc) is 2.58. The fourth-order valence-electron chi connectivity index (χ4n) is 1.50. The first kappa shape index (κ1) is 9.71. The van der Waals surface area contributed by atoms with Crippen molar-refractivity contribution < 1.29 is 0 Å². The highest BCUT2D eigenvalue weighted by molar-refractivity contribution is 5.51. The van der Waals surface area contributed by atoms with Crippen molar-refractivity contribution in [2.45, 2.75) is 20.4 Å². The standard InChI is InChI=1S/C11H14N4/c1-8-11(9(2)15-14-8)13-7-10-4-3-5-12-6-10/h3-6,13H,7H2,1-2H3,(H,14,15). The molecule has 2 aromatic rings. The van der Waals surface area contributed by atoms with Crippen LogP contribution >= 0.6 is 0 Å². The summed E-state index contributed by atoms with van der Waals surface area (Å²) in [7, 11) is 0. The molecule has 0 unspecified atom stereocenters. The third kappa shape index (κ3) is 2.15. The molecule has 0 saturated carbocycles. The van der Waals surface area contributed by atoms with Gasteiger partial charge in [-0.05, 0) is 25.5 Å². The molecule has 2 rings (SSSR count). The predicted octanol–water partition coefficient (Wildman–Crippen LogP) is 2.03. The van der Waals surface area contributed by atoms with Gasteiger partial charge in [0.1, 0.15) is 0 Å². The van der Waals surface area contributed by atoms with E-state index in [1.807, 2.05) is 32.2 Å². The van der Waals surface area contributed by atoms with E-state index in [0.29, 0.717) is 0 Å². The quantitative estimate of drug-likeness (QED) is 0.800. The van der Waals surface area contributed by atoms with Crippen molar-refractivity contribution in [2.75, 3.05) is 5.32 Å². The highest BCUT2D eigenvalue weighted by Crippen LogP contribution is 2.16. The lowest BCUT2D eigenvalue weighted by molar-refractivity contribution is 1.02. The van der Waals surface area contributed by atoms with Gasteiger partial charge in [-0.3, -0.25) is 10.1 Å². The summed E-state index contributed by atoms with van der Waals surface area (Å²) in [6, 6.07) is 3.98. The lowest BCUT2D eigenvalue weighted by atomic mass is 10.2. The Morgan fingerprint density at radius 3 is 2.87 bits per heavy atom. The molecule has 0 bridgehead atoms. The second-order valence-corrected chi connectivity index (χ2v) is 3.52. The van der Waals surface area contributed by atoms with E-state index >= 15 is 0 Å². The number of nitrogens with zero attached hydrogens (tertiary/aromatic N) is 2. The fourth-order valence-corrected chi connectivity index (χ4v) is 1.50. The molecule has 0 spiro atoms. The zero-order valence-electron chi connectivity index (χ0n) is 8.91. The summed E-state index contributed by atoms with van der Waals surface area (Å²) < 4.78 is 0. The first-order valence-electron chi connectivity index (χ1n) is 4.91. The van der Waals surface area contributed by atoms with Crippen LogP contribution in [0.15, 0.2) is 24.5 Å². The van der Waals surface area contributed by atoms with Crippen LogP contribution in [0, 0.1) is 13.8 Å². The van der Waals surface area contributed by atoms with Gasteiger partial charge >= 0.3 is 0 Å². The molecule has 0 aliphatic heterocycles. The molecule has 2 aromatic heterocycles. The molecule has 15 heavy (non-hydrogen) atoms. The van der Waals surface area contributed by atoms with Gasteiger partial charge in [-0.25, -0.2) is 0 Å². The van der Waals surface area contributed by atoms with E-state index < -0.39 is 0 Å². The zero-order chi connectivity index (χ0) is 10.7. The summed E-state index contributed by atoms with van der Waals surface area (Å²) in [5.74, 6) is 0. The smallest absolute Gasteiger partial charge is 0.0825 e. The molecule has 4 nitrogen and oxygen atoms in total. The fraction of sp³-hybridized carbons (Fsp3) is 0.273. The van der Waals surface area contributed by atoms with Gasteiger partial charge in [0.2, 0.25) is 0 Å². The molecule has 0 radical (unpaired) electrons. The van der Waals surface area contributed by atoms with Crippen molar-refractivity contribution in [1.82, 2.24) is 15.2 Å². The zero-order valence-corrected chi connectivity index (χ0v) is 8.91. The van der Waals surface area contributed by atoms with E-state index in [2.05, 4.69) is 20.5 Å². The molecular weight excluding hydrogens is 188 g/mol. The summed E-state index contributed by atoms with van der Waals surface area (Å²) in [4.78, 5) is 4.07. The maximum absolute atomic E-state index is 4.13. The maximum atomic E-state index is 4.13. The Morgan fingerprint density at radius 1 is 1.40 bits per heavy atom. The SMILES string of the molecule is Cc1n[nH]c(C)c1NCc1cccnc1. The van der Waals surface area contributed by atoms with Crippen LogP contribution in [0.5, 0.6) is 0 Å². The van der Waals surface area contributed by atoms with Crippen molar-refractivity contribution in [3.05, 3.63) is 41.5 Å². The predicted molar refractivity (Wildman–Crippen MR) is 59.6 cm³/mol. The van der Waals surface area contributed by atoms with Gasteiger partial charge in [0.15, 0.2) is 0 Å². The van der Waals surface area contributed by atoms with Gasteiger partial charge in [0, 0.05) is 18.9 Å². The van der Waals surface area contributed by atoms with Gasteiger partial charge in [-0.15, -0.1) is 0 Å². The maximum Gasteiger partial charge on any atom is 0.0825 e. The van der Waals surface area contributed by atoms with Crippen LogP contribution in [-0.2, 0) is 6.54 Å². The number of nitrogens with one attached hydrogen (secondary N) is 2. The number of hydrogen-bond acceptors (Lipinski definition) is 3. The Hall–Kier alpha value is -1.84. The Balaban J connectivity index is 2.05. The summed E-state index contributed by atoms with van der Waals surface area (Å²) in [5.41, 5.74) is 4.31. The third-order valence-electron chi connectivity index (χ3n) is 2.32. The van der Waals surface area contributed by atoms with Crippen molar-refractivity contribution in [1.29, 1.82) is 0 Å². The summed E-state index contributed by atoms with van der Waals surface area (Å²) >= 11 is 0. The number of aryl methyl sites for hydroxylation is 2. The van der Waals surface area contributed by atoms with Crippen molar-refractivity contribution in [3.63, 3.8) is 0 Å². The van der Waals surface area contributed by atoms with Crippen LogP contribution in [0.4, 0.5) is 5.69 Å². The van der Waals surface area contributed by atoms with Crippen molar-refractivity contribution in [3.8, 4) is 0 Å². The molecule has 2 N–H and O–H groups in total. The van der Waals surface area contributed by atoms with Crippen molar-refractivity contribution >= 4 is 5.69 Å². The van der Waals surface area contributed by atoms with Gasteiger partial charge < -0.3 is 5.32 Å². The van der Waals surface area contributed by atoms with E-state index in [4.69, 9.17) is 0 Å². The highest BCUT2D eigenvalue weighted by Gasteiger charge is 2.04. The Kier molecular flexibility index (Phi) is 2.67. The monoisotopic (exact) mass is 202 g/mol. The molecule has 4 heteroatoms. The first-order valence-corrected chi connectivity index (χ1v) is 4.91. The topological polar surface area (TPSA) is 53.6 Å². The van der Waals surface area contributed by atoms with Crippen LogP contribution in [0.3, 0.4) is 0 Å². The Labute approximate surface area is 88.8 Å². The molecule has 0 atom stereocenters. The Morgan fingerprint density at radius 2 is 2.27 bits per heavy atom. The number of aromatic nitrogens is 3. The molecule has 2 heterocycles. The number of H-pyrrole nitrogens is 1. The minimum Gasteiger partial charge on any atom is -0.378 e. The molecule has 0 aliphatic carbocycles. The first-order chi connectivity index (χ1) is 7.27. The molecule has 78 valence electrons. The molecule has 0 fully saturated rings. The number of rotatable bonds is 3. The number of pyridine rings is 1. The van der Waals surface area contributed by atoms with Gasteiger partial charge in [0.25, 0.3) is 0 Å². The molecule has 0 aromatic carbocycles. The summed E-state index contributed by atoms with van der Waals surface area (Å²) in [6.45, 7) is 4.76. The van der Waals surface area contributed by atoms with Crippen molar-refractivity contribution in [2.24, 2.45) is 0 Å². The van der Waals surface area contributed by atoms with E-state index in [1.165, 1.54) is 0 Å². The lowest BCUT2D eigenvalue weighted by Crippen LogP contribution is -2.01. The van der Waals surface area contributed by atoms with Crippen LogP contribution in [0.1, 0.15) is 17.0 Å². The summed E-state index contributed by atoms with van der Waals surface area (Å²) in [6.07, 6.45) is 3.63. The van der Waals surface area contributed by atoms with Gasteiger partial charge in [0.05, 0.1) is 17.1 Å². The van der Waals surface area contributed by atoms with Crippen LogP contribution in [-0.4, -0.2) is 15.2 Å².